The number of alkyl carbamates (subject to hydrolysis) is 1. The summed E-state index contributed by atoms with van der Waals surface area (Å²) in [6.45, 7) is 8.20. The van der Waals surface area contributed by atoms with Gasteiger partial charge in [-0.3, -0.25) is 4.90 Å². The Hall–Kier alpha value is -3.53. The molecule has 2 aliphatic rings. The summed E-state index contributed by atoms with van der Waals surface area (Å²) in [4.78, 5) is 14.3. The fraction of sp³-hybridized carbons (Fsp3) is 0.364. The Morgan fingerprint density at radius 3 is 2.46 bits per heavy atom. The maximum atomic E-state index is 11.9. The Labute approximate surface area is 241 Å². The van der Waals surface area contributed by atoms with Crippen LogP contribution in [-0.4, -0.2) is 61.7 Å². The molecule has 1 amide bonds. The van der Waals surface area contributed by atoms with E-state index in [4.69, 9.17) is 18.9 Å². The molecule has 2 saturated heterocycles. The van der Waals surface area contributed by atoms with Crippen molar-refractivity contribution in [1.29, 1.82) is 0 Å². The summed E-state index contributed by atoms with van der Waals surface area (Å²) in [5, 5.41) is 12.3. The van der Waals surface area contributed by atoms with Crippen LogP contribution in [0.5, 0.6) is 0 Å². The molecule has 216 valence electrons. The van der Waals surface area contributed by atoms with Gasteiger partial charge in [-0.25, -0.2) is 4.79 Å². The van der Waals surface area contributed by atoms with E-state index in [0.29, 0.717) is 6.54 Å². The predicted octanol–water partition coefficient (Wildman–Crippen LogP) is 5.14. The third-order valence-corrected chi connectivity index (χ3v) is 7.45. The first kappa shape index (κ1) is 29.0. The number of carbonyl (C=O) groups is 1. The summed E-state index contributed by atoms with van der Waals surface area (Å²) in [6.07, 6.45) is 1.17. The largest absolute Gasteiger partial charge is 0.445 e. The monoisotopic (exact) mass is 558 g/mol. The molecule has 3 aromatic rings. The second-order valence-corrected chi connectivity index (χ2v) is 10.3. The van der Waals surface area contributed by atoms with Crippen molar-refractivity contribution in [3.8, 4) is 11.1 Å². The number of aliphatic hydroxyl groups is 1. The van der Waals surface area contributed by atoms with Gasteiger partial charge < -0.3 is 29.4 Å². The van der Waals surface area contributed by atoms with Crippen molar-refractivity contribution in [2.75, 3.05) is 39.5 Å². The summed E-state index contributed by atoms with van der Waals surface area (Å²) in [7, 11) is 0. The summed E-state index contributed by atoms with van der Waals surface area (Å²) < 4.78 is 23.6. The molecule has 41 heavy (non-hydrogen) atoms. The lowest BCUT2D eigenvalue weighted by atomic mass is 9.97. The predicted molar refractivity (Wildman–Crippen MR) is 156 cm³/mol. The molecular weight excluding hydrogens is 520 g/mol. The second kappa shape index (κ2) is 14.4. The van der Waals surface area contributed by atoms with Crippen LogP contribution < -0.4 is 5.32 Å². The number of amides is 1. The van der Waals surface area contributed by atoms with E-state index < -0.39 is 12.4 Å². The zero-order chi connectivity index (χ0) is 28.4. The molecule has 3 aromatic carbocycles. The van der Waals surface area contributed by atoms with Crippen molar-refractivity contribution in [3.05, 3.63) is 108 Å². The number of ether oxygens (including phenoxy) is 4. The SMILES string of the molecule is C=CCOC(=O)NCc1ccccc1-c1ccc([C@H]2O[C@@H](CN3CCOCC3)C[C@@H](c3ccc(CO)cc3)O2)cc1. The number of carbonyl (C=O) groups excluding carboxylic acids is 1. The van der Waals surface area contributed by atoms with E-state index in [9.17, 15) is 9.90 Å². The molecule has 8 nitrogen and oxygen atoms in total. The van der Waals surface area contributed by atoms with Gasteiger partial charge in [-0.2, -0.15) is 0 Å². The number of aliphatic hydroxyl groups excluding tert-OH is 1. The Balaban J connectivity index is 1.32. The third-order valence-electron chi connectivity index (χ3n) is 7.45. The van der Waals surface area contributed by atoms with Crippen LogP contribution in [0.2, 0.25) is 0 Å². The Bertz CT molecular complexity index is 1270. The molecule has 0 aliphatic carbocycles. The number of nitrogens with zero attached hydrogens (tertiary/aromatic N) is 1. The highest BCUT2D eigenvalue weighted by Crippen LogP contribution is 2.39. The van der Waals surface area contributed by atoms with E-state index in [-0.39, 0.29) is 25.4 Å². The van der Waals surface area contributed by atoms with E-state index in [1.165, 1.54) is 6.08 Å². The summed E-state index contributed by atoms with van der Waals surface area (Å²) in [6, 6.07) is 24.2. The van der Waals surface area contributed by atoms with Crippen LogP contribution in [0.15, 0.2) is 85.5 Å². The maximum Gasteiger partial charge on any atom is 0.407 e. The first-order valence-corrected chi connectivity index (χ1v) is 14.1. The molecule has 2 fully saturated rings. The van der Waals surface area contributed by atoms with Crippen LogP contribution in [0.3, 0.4) is 0 Å². The molecule has 5 rings (SSSR count). The van der Waals surface area contributed by atoms with E-state index in [0.717, 1.165) is 72.6 Å². The lowest BCUT2D eigenvalue weighted by molar-refractivity contribution is -0.253. The van der Waals surface area contributed by atoms with Crippen LogP contribution in [-0.2, 0) is 32.1 Å². The molecule has 3 atom stereocenters. The third kappa shape index (κ3) is 7.81. The van der Waals surface area contributed by atoms with Crippen molar-refractivity contribution in [3.63, 3.8) is 0 Å². The number of nitrogens with one attached hydrogen (secondary N) is 1. The lowest BCUT2D eigenvalue weighted by Crippen LogP contribution is -2.44. The highest BCUT2D eigenvalue weighted by Gasteiger charge is 2.33. The fourth-order valence-corrected chi connectivity index (χ4v) is 5.23. The Kier molecular flexibility index (Phi) is 10.2. The first-order valence-electron chi connectivity index (χ1n) is 14.1. The van der Waals surface area contributed by atoms with Crippen molar-refractivity contribution < 1.29 is 28.8 Å². The summed E-state index contributed by atoms with van der Waals surface area (Å²) in [5.41, 5.74) is 5.94. The number of rotatable bonds is 10. The van der Waals surface area contributed by atoms with Gasteiger partial charge in [0.05, 0.1) is 32.0 Å². The van der Waals surface area contributed by atoms with Gasteiger partial charge in [-0.05, 0) is 27.8 Å². The van der Waals surface area contributed by atoms with Gasteiger partial charge in [0.15, 0.2) is 6.29 Å². The Morgan fingerprint density at radius 1 is 1.00 bits per heavy atom. The standard InChI is InChI=1S/C33H38N2O6/c1-2-17-39-33(37)34-21-28-5-3-4-6-30(28)25-11-13-27(14-12-25)32-40-29(22-35-15-18-38-19-16-35)20-31(41-32)26-9-7-24(23-36)8-10-26/h2-14,29,31-32,36H,1,15-23H2,(H,34,37)/t29-,31+,32+/m1/s1. The van der Waals surface area contributed by atoms with Gasteiger partial charge >= 0.3 is 6.09 Å². The van der Waals surface area contributed by atoms with Crippen LogP contribution in [0, 0.1) is 0 Å². The average Bonchev–Trinajstić information content (AvgIpc) is 3.03. The summed E-state index contributed by atoms with van der Waals surface area (Å²) >= 11 is 0. The summed E-state index contributed by atoms with van der Waals surface area (Å²) in [5.74, 6) is 0. The van der Waals surface area contributed by atoms with Crippen LogP contribution in [0.4, 0.5) is 4.79 Å². The van der Waals surface area contributed by atoms with Crippen molar-refractivity contribution in [2.24, 2.45) is 0 Å². The number of benzene rings is 3. The van der Waals surface area contributed by atoms with E-state index in [2.05, 4.69) is 28.9 Å². The molecule has 0 spiro atoms. The molecule has 0 saturated carbocycles. The van der Waals surface area contributed by atoms with Gasteiger partial charge in [0.25, 0.3) is 0 Å². The zero-order valence-electron chi connectivity index (χ0n) is 23.2. The minimum absolute atomic E-state index is 0.00157. The maximum absolute atomic E-state index is 11.9. The van der Waals surface area contributed by atoms with Crippen molar-refractivity contribution >= 4 is 6.09 Å². The van der Waals surface area contributed by atoms with Crippen molar-refractivity contribution in [2.45, 2.75) is 38.1 Å². The normalized spacial score (nSPS) is 21.2. The van der Waals surface area contributed by atoms with Crippen LogP contribution in [0.1, 0.15) is 41.1 Å². The van der Waals surface area contributed by atoms with E-state index in [1.807, 2.05) is 60.7 Å². The highest BCUT2D eigenvalue weighted by atomic mass is 16.7. The fourth-order valence-electron chi connectivity index (χ4n) is 5.23. The minimum Gasteiger partial charge on any atom is -0.445 e. The minimum atomic E-state index is -0.511. The number of hydrogen-bond donors (Lipinski definition) is 2. The zero-order valence-corrected chi connectivity index (χ0v) is 23.2. The topological polar surface area (TPSA) is 89.5 Å². The molecule has 0 unspecified atom stereocenters. The van der Waals surface area contributed by atoms with Gasteiger partial charge in [-0.15, -0.1) is 0 Å². The Morgan fingerprint density at radius 2 is 1.73 bits per heavy atom. The molecule has 0 bridgehead atoms. The lowest BCUT2D eigenvalue weighted by Gasteiger charge is -2.39. The number of hydrogen-bond acceptors (Lipinski definition) is 7. The molecule has 0 radical (unpaired) electrons. The van der Waals surface area contributed by atoms with Gasteiger partial charge in [-0.1, -0.05) is 85.5 Å². The number of morpholine rings is 1. The molecule has 2 aliphatic heterocycles. The van der Waals surface area contributed by atoms with Gasteiger partial charge in [0.1, 0.15) is 6.61 Å². The molecule has 8 heteroatoms. The van der Waals surface area contributed by atoms with E-state index in [1.54, 1.807) is 0 Å². The average molecular weight is 559 g/mol. The van der Waals surface area contributed by atoms with Crippen molar-refractivity contribution in [1.82, 2.24) is 10.2 Å². The molecule has 2 N–H and O–H groups in total. The van der Waals surface area contributed by atoms with Gasteiger partial charge in [0.2, 0.25) is 0 Å². The van der Waals surface area contributed by atoms with Crippen LogP contribution in [0.25, 0.3) is 11.1 Å². The highest BCUT2D eigenvalue weighted by molar-refractivity contribution is 5.70. The van der Waals surface area contributed by atoms with Crippen LogP contribution >= 0.6 is 0 Å². The molecule has 0 aromatic heterocycles. The second-order valence-electron chi connectivity index (χ2n) is 10.3. The van der Waals surface area contributed by atoms with E-state index >= 15 is 0 Å². The molecule has 2 heterocycles. The smallest absolute Gasteiger partial charge is 0.407 e. The van der Waals surface area contributed by atoms with Gasteiger partial charge in [0, 0.05) is 38.2 Å². The first-order chi connectivity index (χ1) is 20.1. The quantitative estimate of drug-likeness (QED) is 0.333. The molecular formula is C33H38N2O6.